The van der Waals surface area contributed by atoms with Crippen molar-refractivity contribution >= 4 is 50.3 Å². The fourth-order valence-electron chi connectivity index (χ4n) is 4.83. The minimum atomic E-state index is -3.65. The van der Waals surface area contributed by atoms with Gasteiger partial charge in [-0.2, -0.15) is 9.40 Å². The summed E-state index contributed by atoms with van der Waals surface area (Å²) in [5.41, 5.74) is 2.82. The van der Waals surface area contributed by atoms with E-state index in [4.69, 9.17) is 17.3 Å². The average Bonchev–Trinajstić information content (AvgIpc) is 3.52. The summed E-state index contributed by atoms with van der Waals surface area (Å²) in [6.45, 7) is 7.25. The molecule has 0 saturated carbocycles. The van der Waals surface area contributed by atoms with Crippen LogP contribution in [0.2, 0.25) is 0 Å². The standard InChI is InChI=1S/C31H38N4O3S3/c1-4-7-8-9-10-14-20-34-30(36)28(40-31(34)39)22-25-23-35(26-17-12-11-13-18-26)32-29(25)24-16-15-19-27(21-24)41(37,38)33(5-2)6-3/h11-13,15-19,21-23H,4-10,14,20H2,1-3H3. The predicted octanol–water partition coefficient (Wildman–Crippen LogP) is 7.13. The molecule has 0 atom stereocenters. The minimum Gasteiger partial charge on any atom is -0.293 e. The largest absolute Gasteiger partial charge is 0.293 e. The van der Waals surface area contributed by atoms with Crippen molar-refractivity contribution in [3.63, 3.8) is 0 Å². The molecule has 2 heterocycles. The summed E-state index contributed by atoms with van der Waals surface area (Å²) < 4.78 is 30.3. The number of hydrogen-bond donors (Lipinski definition) is 0. The first-order chi connectivity index (χ1) is 19.8. The SMILES string of the molecule is CCCCCCCCN1C(=O)C(=Cc2cn(-c3ccccc3)nc2-c2cccc(S(=O)(=O)N(CC)CC)c2)SC1=S. The van der Waals surface area contributed by atoms with E-state index in [0.29, 0.717) is 45.7 Å². The number of thioether (sulfide) groups is 1. The second kappa shape index (κ2) is 14.4. The van der Waals surface area contributed by atoms with Crippen LogP contribution in [0.25, 0.3) is 23.0 Å². The molecule has 3 aromatic rings. The van der Waals surface area contributed by atoms with E-state index in [9.17, 15) is 13.2 Å². The van der Waals surface area contributed by atoms with Crippen molar-refractivity contribution in [2.24, 2.45) is 0 Å². The van der Waals surface area contributed by atoms with Crippen LogP contribution >= 0.6 is 24.0 Å². The van der Waals surface area contributed by atoms with Crippen molar-refractivity contribution in [2.75, 3.05) is 19.6 Å². The third kappa shape index (κ3) is 7.35. The molecule has 0 unspecified atom stereocenters. The number of unbranched alkanes of at least 4 members (excludes halogenated alkanes) is 5. The van der Waals surface area contributed by atoms with Gasteiger partial charge < -0.3 is 0 Å². The number of nitrogens with zero attached hydrogens (tertiary/aromatic N) is 4. The van der Waals surface area contributed by atoms with Crippen molar-refractivity contribution in [3.8, 4) is 16.9 Å². The normalized spacial score (nSPS) is 15.0. The molecular weight excluding hydrogens is 573 g/mol. The lowest BCUT2D eigenvalue weighted by Crippen LogP contribution is -2.30. The zero-order valence-corrected chi connectivity index (χ0v) is 26.4. The molecule has 0 aliphatic carbocycles. The fraction of sp³-hybridized carbons (Fsp3) is 0.387. The Labute approximate surface area is 253 Å². The van der Waals surface area contributed by atoms with Gasteiger partial charge in [-0.25, -0.2) is 13.1 Å². The van der Waals surface area contributed by atoms with E-state index in [1.165, 1.54) is 41.8 Å². The van der Waals surface area contributed by atoms with E-state index in [1.807, 2.05) is 62.5 Å². The van der Waals surface area contributed by atoms with Crippen LogP contribution in [0.3, 0.4) is 0 Å². The molecule has 0 N–H and O–H groups in total. The van der Waals surface area contributed by atoms with E-state index in [2.05, 4.69) is 6.92 Å². The molecule has 1 aliphatic rings. The smallest absolute Gasteiger partial charge is 0.266 e. The highest BCUT2D eigenvalue weighted by molar-refractivity contribution is 8.26. The summed E-state index contributed by atoms with van der Waals surface area (Å²) in [7, 11) is -3.65. The van der Waals surface area contributed by atoms with Crippen LogP contribution in [-0.4, -0.2) is 57.3 Å². The van der Waals surface area contributed by atoms with E-state index in [1.54, 1.807) is 27.8 Å². The van der Waals surface area contributed by atoms with Gasteiger partial charge >= 0.3 is 0 Å². The first-order valence-corrected chi connectivity index (χ1v) is 17.0. The number of amides is 1. The Bertz CT molecular complexity index is 1500. The van der Waals surface area contributed by atoms with Crippen LogP contribution in [0, 0.1) is 0 Å². The quantitative estimate of drug-likeness (QED) is 0.110. The van der Waals surface area contributed by atoms with Gasteiger partial charge in [0.15, 0.2) is 0 Å². The van der Waals surface area contributed by atoms with Crippen molar-refractivity contribution in [1.29, 1.82) is 0 Å². The molecule has 1 fully saturated rings. The van der Waals surface area contributed by atoms with E-state index in [-0.39, 0.29) is 10.8 Å². The van der Waals surface area contributed by atoms with Crippen LogP contribution in [0.5, 0.6) is 0 Å². The summed E-state index contributed by atoms with van der Waals surface area (Å²) in [6, 6.07) is 16.5. The Morgan fingerprint density at radius 3 is 2.37 bits per heavy atom. The molecule has 1 amide bonds. The topological polar surface area (TPSA) is 75.5 Å². The second-order valence-electron chi connectivity index (χ2n) is 9.93. The lowest BCUT2D eigenvalue weighted by Gasteiger charge is -2.18. The maximum Gasteiger partial charge on any atom is 0.266 e. The Morgan fingerprint density at radius 2 is 1.66 bits per heavy atom. The molecule has 1 saturated heterocycles. The number of rotatable bonds is 14. The van der Waals surface area contributed by atoms with E-state index < -0.39 is 10.0 Å². The molecule has 0 spiro atoms. The van der Waals surface area contributed by atoms with E-state index >= 15 is 0 Å². The summed E-state index contributed by atoms with van der Waals surface area (Å²) >= 11 is 6.88. The van der Waals surface area contributed by atoms with Crippen molar-refractivity contribution < 1.29 is 13.2 Å². The van der Waals surface area contributed by atoms with Gasteiger partial charge in [-0.15, -0.1) is 0 Å². The monoisotopic (exact) mass is 610 g/mol. The molecule has 4 rings (SSSR count). The molecule has 41 heavy (non-hydrogen) atoms. The molecule has 1 aliphatic heterocycles. The van der Waals surface area contributed by atoms with Gasteiger partial charge in [0, 0.05) is 37.0 Å². The first-order valence-electron chi connectivity index (χ1n) is 14.3. The lowest BCUT2D eigenvalue weighted by molar-refractivity contribution is -0.122. The molecule has 0 radical (unpaired) electrons. The van der Waals surface area contributed by atoms with Crippen molar-refractivity contribution in [1.82, 2.24) is 19.0 Å². The van der Waals surface area contributed by atoms with Crippen LogP contribution in [0.4, 0.5) is 0 Å². The molecule has 10 heteroatoms. The molecule has 218 valence electrons. The maximum atomic E-state index is 13.4. The third-order valence-electron chi connectivity index (χ3n) is 7.11. The van der Waals surface area contributed by atoms with Gasteiger partial charge in [0.2, 0.25) is 10.0 Å². The summed E-state index contributed by atoms with van der Waals surface area (Å²) in [5, 5.41) is 4.85. The number of thiocarbonyl (C=S) groups is 1. The second-order valence-corrected chi connectivity index (χ2v) is 13.5. The van der Waals surface area contributed by atoms with Gasteiger partial charge in [0.1, 0.15) is 10.0 Å². The van der Waals surface area contributed by atoms with Crippen molar-refractivity contribution in [2.45, 2.75) is 64.2 Å². The van der Waals surface area contributed by atoms with E-state index in [0.717, 1.165) is 18.5 Å². The highest BCUT2D eigenvalue weighted by Gasteiger charge is 2.32. The lowest BCUT2D eigenvalue weighted by atomic mass is 10.1. The Morgan fingerprint density at radius 1 is 0.951 bits per heavy atom. The number of hydrogen-bond acceptors (Lipinski definition) is 6. The Balaban J connectivity index is 1.67. The molecular formula is C31H38N4O3S3. The first kappa shape index (κ1) is 31.2. The van der Waals surface area contributed by atoms with Crippen molar-refractivity contribution in [3.05, 3.63) is 71.3 Å². The zero-order valence-electron chi connectivity index (χ0n) is 24.0. The van der Waals surface area contributed by atoms with Gasteiger partial charge in [-0.05, 0) is 36.8 Å². The fourth-order valence-corrected chi connectivity index (χ4v) is 7.63. The number of carbonyl (C=O) groups is 1. The van der Waals surface area contributed by atoms with Crippen LogP contribution in [-0.2, 0) is 14.8 Å². The highest BCUT2D eigenvalue weighted by atomic mass is 32.2. The minimum absolute atomic E-state index is 0.0927. The molecule has 1 aromatic heterocycles. The summed E-state index contributed by atoms with van der Waals surface area (Å²) in [5.74, 6) is -0.0927. The van der Waals surface area contributed by atoms with Crippen LogP contribution in [0.15, 0.2) is 70.6 Å². The Kier molecular flexibility index (Phi) is 10.9. The number of benzene rings is 2. The number of aromatic nitrogens is 2. The molecule has 2 aromatic carbocycles. The number of sulfonamides is 1. The molecule has 0 bridgehead atoms. The molecule has 7 nitrogen and oxygen atoms in total. The van der Waals surface area contributed by atoms with Gasteiger partial charge in [0.25, 0.3) is 5.91 Å². The van der Waals surface area contributed by atoms with Crippen LogP contribution in [0.1, 0.15) is 64.9 Å². The highest BCUT2D eigenvalue weighted by Crippen LogP contribution is 2.35. The summed E-state index contributed by atoms with van der Waals surface area (Å²) in [4.78, 5) is 15.8. The average molecular weight is 611 g/mol. The van der Waals surface area contributed by atoms with Crippen LogP contribution < -0.4 is 0 Å². The van der Waals surface area contributed by atoms with Gasteiger partial charge in [-0.1, -0.05) is 107 Å². The predicted molar refractivity (Wildman–Crippen MR) is 172 cm³/mol. The zero-order chi connectivity index (χ0) is 29.4. The number of carbonyl (C=O) groups excluding carboxylic acids is 1. The number of para-hydroxylation sites is 1. The maximum absolute atomic E-state index is 13.4. The summed E-state index contributed by atoms with van der Waals surface area (Å²) in [6.07, 6.45) is 10.5. The van der Waals surface area contributed by atoms with Gasteiger partial charge in [0.05, 0.1) is 15.5 Å². The Hall–Kier alpha value is -2.79. The van der Waals surface area contributed by atoms with Gasteiger partial charge in [-0.3, -0.25) is 9.69 Å². The third-order valence-corrected chi connectivity index (χ3v) is 10.5.